The van der Waals surface area contributed by atoms with Crippen molar-refractivity contribution in [2.45, 2.75) is 20.0 Å². The molecule has 1 amide bonds. The Balaban J connectivity index is 1.85. The first-order valence-corrected chi connectivity index (χ1v) is 10.9. The molecule has 0 bridgehead atoms. The largest absolute Gasteiger partial charge is 0.476 e. The van der Waals surface area contributed by atoms with Gasteiger partial charge in [0.25, 0.3) is 5.91 Å². The topological polar surface area (TPSA) is 102 Å². The number of nitrogens with one attached hydrogen (secondary N) is 1. The standard InChI is InChI=1S/C20H22N2O6S/c1-4-27-20(24)14-8-7-9-15(13(14)2)21-19(23)18-12-22(29(3,25)26)16-10-5-6-11-17(16)28-18/h5-11,18H,4,12H2,1-3H3,(H,21,23). The number of esters is 1. The second-order valence-electron chi connectivity index (χ2n) is 6.56. The van der Waals surface area contributed by atoms with E-state index in [2.05, 4.69) is 5.32 Å². The van der Waals surface area contributed by atoms with E-state index in [4.69, 9.17) is 9.47 Å². The number of hydrogen-bond donors (Lipinski definition) is 1. The van der Waals surface area contributed by atoms with Gasteiger partial charge in [-0.1, -0.05) is 18.2 Å². The number of amides is 1. The van der Waals surface area contributed by atoms with E-state index in [1.165, 1.54) is 0 Å². The average Bonchev–Trinajstić information content (AvgIpc) is 2.68. The van der Waals surface area contributed by atoms with Crippen molar-refractivity contribution in [3.8, 4) is 5.75 Å². The van der Waals surface area contributed by atoms with E-state index in [1.807, 2.05) is 0 Å². The second kappa shape index (κ2) is 8.12. The lowest BCUT2D eigenvalue weighted by Crippen LogP contribution is -2.48. The third kappa shape index (κ3) is 4.34. The van der Waals surface area contributed by atoms with Gasteiger partial charge in [-0.25, -0.2) is 13.2 Å². The van der Waals surface area contributed by atoms with E-state index >= 15 is 0 Å². The van der Waals surface area contributed by atoms with Crippen LogP contribution in [0.5, 0.6) is 5.75 Å². The van der Waals surface area contributed by atoms with E-state index < -0.39 is 28.0 Å². The highest BCUT2D eigenvalue weighted by molar-refractivity contribution is 7.92. The van der Waals surface area contributed by atoms with Crippen molar-refractivity contribution in [1.29, 1.82) is 0 Å². The predicted molar refractivity (Wildman–Crippen MR) is 109 cm³/mol. The zero-order valence-corrected chi connectivity index (χ0v) is 17.2. The van der Waals surface area contributed by atoms with Crippen molar-refractivity contribution in [3.63, 3.8) is 0 Å². The van der Waals surface area contributed by atoms with E-state index in [9.17, 15) is 18.0 Å². The number of sulfonamides is 1. The Bertz CT molecular complexity index is 1050. The van der Waals surface area contributed by atoms with Crippen molar-refractivity contribution >= 4 is 33.3 Å². The number of ether oxygens (including phenoxy) is 2. The fourth-order valence-corrected chi connectivity index (χ4v) is 3.98. The number of rotatable bonds is 5. The lowest BCUT2D eigenvalue weighted by Gasteiger charge is -2.33. The van der Waals surface area contributed by atoms with Crippen molar-refractivity contribution in [1.82, 2.24) is 0 Å². The van der Waals surface area contributed by atoms with Crippen LogP contribution in [-0.4, -0.2) is 45.8 Å². The average molecular weight is 418 g/mol. The van der Waals surface area contributed by atoms with Crippen LogP contribution in [0.1, 0.15) is 22.8 Å². The van der Waals surface area contributed by atoms with Crippen LogP contribution in [0.15, 0.2) is 42.5 Å². The Morgan fingerprint density at radius 1 is 1.21 bits per heavy atom. The van der Waals surface area contributed by atoms with Gasteiger partial charge >= 0.3 is 5.97 Å². The molecule has 0 radical (unpaired) electrons. The molecule has 0 saturated carbocycles. The number of carbonyl (C=O) groups is 2. The van der Waals surface area contributed by atoms with Gasteiger partial charge in [0.05, 0.1) is 30.7 Å². The number of fused-ring (bicyclic) bond motifs is 1. The van der Waals surface area contributed by atoms with Crippen LogP contribution in [0.4, 0.5) is 11.4 Å². The number of nitrogens with zero attached hydrogens (tertiary/aromatic N) is 1. The monoisotopic (exact) mass is 418 g/mol. The molecule has 29 heavy (non-hydrogen) atoms. The van der Waals surface area contributed by atoms with Crippen molar-refractivity contribution in [2.75, 3.05) is 29.0 Å². The lowest BCUT2D eigenvalue weighted by atomic mass is 10.1. The molecule has 0 aromatic heterocycles. The summed E-state index contributed by atoms with van der Waals surface area (Å²) in [4.78, 5) is 24.9. The molecule has 1 heterocycles. The van der Waals surface area contributed by atoms with Crippen molar-refractivity contribution in [3.05, 3.63) is 53.6 Å². The summed E-state index contributed by atoms with van der Waals surface area (Å²) in [5.41, 5.74) is 1.71. The van der Waals surface area contributed by atoms with Crippen molar-refractivity contribution in [2.24, 2.45) is 0 Å². The highest BCUT2D eigenvalue weighted by Gasteiger charge is 2.35. The molecule has 8 nitrogen and oxygen atoms in total. The van der Waals surface area contributed by atoms with Gasteiger partial charge < -0.3 is 14.8 Å². The third-order valence-electron chi connectivity index (χ3n) is 4.51. The number of benzene rings is 2. The number of para-hydroxylation sites is 2. The summed E-state index contributed by atoms with van der Waals surface area (Å²) >= 11 is 0. The van der Waals surface area contributed by atoms with Crippen LogP contribution >= 0.6 is 0 Å². The van der Waals surface area contributed by atoms with Crippen LogP contribution in [0.2, 0.25) is 0 Å². The number of anilines is 2. The Morgan fingerprint density at radius 2 is 1.93 bits per heavy atom. The molecular formula is C20H22N2O6S. The smallest absolute Gasteiger partial charge is 0.338 e. The fourth-order valence-electron chi connectivity index (χ4n) is 3.07. The van der Waals surface area contributed by atoms with Crippen LogP contribution in [0.3, 0.4) is 0 Å². The van der Waals surface area contributed by atoms with Gasteiger partial charge in [-0.15, -0.1) is 0 Å². The maximum absolute atomic E-state index is 12.8. The Labute approximate surface area is 169 Å². The van der Waals surface area contributed by atoms with Gasteiger partial charge in [0, 0.05) is 5.69 Å². The van der Waals surface area contributed by atoms with Gasteiger partial charge in [-0.2, -0.15) is 0 Å². The van der Waals surface area contributed by atoms with E-state index in [0.29, 0.717) is 28.3 Å². The van der Waals surface area contributed by atoms with E-state index in [0.717, 1.165) is 10.6 Å². The zero-order valence-electron chi connectivity index (χ0n) is 16.3. The minimum absolute atomic E-state index is 0.154. The fraction of sp³-hybridized carbons (Fsp3) is 0.300. The summed E-state index contributed by atoms with van der Waals surface area (Å²) in [6.07, 6.45) is 0.0297. The second-order valence-corrected chi connectivity index (χ2v) is 8.46. The van der Waals surface area contributed by atoms with Gasteiger partial charge in [-0.3, -0.25) is 9.10 Å². The number of carbonyl (C=O) groups excluding carboxylic acids is 2. The summed E-state index contributed by atoms with van der Waals surface area (Å²) in [6.45, 7) is 3.50. The first kappa shape index (κ1) is 20.7. The maximum Gasteiger partial charge on any atom is 0.338 e. The molecule has 2 aromatic carbocycles. The van der Waals surface area contributed by atoms with Crippen LogP contribution in [0.25, 0.3) is 0 Å². The molecule has 1 aliphatic rings. The maximum atomic E-state index is 12.8. The Hall–Kier alpha value is -3.07. The molecule has 0 spiro atoms. The van der Waals surface area contributed by atoms with Gasteiger partial charge in [0.1, 0.15) is 5.75 Å². The van der Waals surface area contributed by atoms with Crippen LogP contribution in [-0.2, 0) is 19.6 Å². The minimum Gasteiger partial charge on any atom is -0.476 e. The quantitative estimate of drug-likeness (QED) is 0.748. The molecular weight excluding hydrogens is 396 g/mol. The first-order chi connectivity index (χ1) is 13.7. The molecule has 0 saturated heterocycles. The highest BCUT2D eigenvalue weighted by atomic mass is 32.2. The first-order valence-electron chi connectivity index (χ1n) is 9.03. The third-order valence-corrected chi connectivity index (χ3v) is 5.66. The molecule has 2 aromatic rings. The predicted octanol–water partition coefficient (Wildman–Crippen LogP) is 2.34. The number of hydrogen-bond acceptors (Lipinski definition) is 6. The lowest BCUT2D eigenvalue weighted by molar-refractivity contribution is -0.122. The minimum atomic E-state index is -3.60. The van der Waals surface area contributed by atoms with Gasteiger partial charge in [0.15, 0.2) is 6.10 Å². The molecule has 0 fully saturated rings. The molecule has 3 rings (SSSR count). The summed E-state index contributed by atoms with van der Waals surface area (Å²) in [6, 6.07) is 11.5. The van der Waals surface area contributed by atoms with Gasteiger partial charge in [0.2, 0.25) is 10.0 Å². The summed E-state index contributed by atoms with van der Waals surface area (Å²) in [5.74, 6) is -0.689. The Kier molecular flexibility index (Phi) is 5.78. The van der Waals surface area contributed by atoms with Gasteiger partial charge in [-0.05, 0) is 43.7 Å². The highest BCUT2D eigenvalue weighted by Crippen LogP contribution is 2.35. The molecule has 1 atom stereocenters. The molecule has 154 valence electrons. The van der Waals surface area contributed by atoms with Crippen LogP contribution < -0.4 is 14.4 Å². The molecule has 1 aliphatic heterocycles. The summed E-state index contributed by atoms with van der Waals surface area (Å²) in [5, 5.41) is 2.73. The molecule has 1 N–H and O–H groups in total. The molecule has 1 unspecified atom stereocenters. The van der Waals surface area contributed by atoms with Crippen molar-refractivity contribution < 1.29 is 27.5 Å². The van der Waals surface area contributed by atoms with E-state index in [1.54, 1.807) is 56.3 Å². The van der Waals surface area contributed by atoms with E-state index in [-0.39, 0.29) is 13.2 Å². The zero-order chi connectivity index (χ0) is 21.2. The summed E-state index contributed by atoms with van der Waals surface area (Å²) < 4.78 is 36.3. The SMILES string of the molecule is CCOC(=O)c1cccc(NC(=O)C2CN(S(C)(=O)=O)c3ccccc3O2)c1C. The molecule has 9 heteroatoms. The van der Waals surface area contributed by atoms with Crippen LogP contribution in [0, 0.1) is 6.92 Å². The molecule has 0 aliphatic carbocycles. The Morgan fingerprint density at radius 3 is 2.62 bits per heavy atom. The normalized spacial score (nSPS) is 15.8. The summed E-state index contributed by atoms with van der Waals surface area (Å²) in [7, 11) is -3.60.